The Labute approximate surface area is 125 Å². The zero-order valence-electron chi connectivity index (χ0n) is 11.0. The van der Waals surface area contributed by atoms with Crippen molar-refractivity contribution in [1.82, 2.24) is 9.97 Å². The number of halogens is 3. The van der Waals surface area contributed by atoms with Crippen LogP contribution in [-0.4, -0.2) is 9.97 Å². The highest BCUT2D eigenvalue weighted by atomic mass is 35.5. The van der Waals surface area contributed by atoms with E-state index in [0.717, 1.165) is 18.9 Å². The highest BCUT2D eigenvalue weighted by Gasteiger charge is 2.34. The minimum atomic E-state index is -0.597. The Morgan fingerprint density at radius 2 is 2.00 bits per heavy atom. The second kappa shape index (κ2) is 5.44. The quantitative estimate of drug-likeness (QED) is 0.848. The van der Waals surface area contributed by atoms with E-state index in [1.165, 1.54) is 18.2 Å². The van der Waals surface area contributed by atoms with Crippen LogP contribution in [-0.2, 0) is 0 Å². The van der Waals surface area contributed by atoms with E-state index >= 15 is 0 Å². The Morgan fingerprint density at radius 3 is 2.62 bits per heavy atom. The second-order valence-corrected chi connectivity index (χ2v) is 5.45. The minimum absolute atomic E-state index is 0.0409. The molecule has 1 aromatic carbocycles. The predicted molar refractivity (Wildman–Crippen MR) is 76.9 cm³/mol. The number of hydrogen-bond acceptors (Lipinski definition) is 4. The molecule has 0 bridgehead atoms. The lowest BCUT2D eigenvalue weighted by atomic mass is 10.0. The standard InChI is InChI=1S/C14H13ClF2N4/c15-11-6-12(21-14(18)19-11)20-13(7-1-2-7)9-4-3-8(16)5-10(9)17/h3-7,13H,1-2H2,(H3,18,19,20,21). The van der Waals surface area contributed by atoms with Crippen molar-refractivity contribution in [2.45, 2.75) is 18.9 Å². The summed E-state index contributed by atoms with van der Waals surface area (Å²) in [5.74, 6) is -0.431. The van der Waals surface area contributed by atoms with Crippen LogP contribution in [0.1, 0.15) is 24.4 Å². The molecule has 21 heavy (non-hydrogen) atoms. The maximum atomic E-state index is 14.0. The fourth-order valence-electron chi connectivity index (χ4n) is 2.30. The van der Waals surface area contributed by atoms with Crippen molar-refractivity contribution >= 4 is 23.4 Å². The Hall–Kier alpha value is -1.95. The summed E-state index contributed by atoms with van der Waals surface area (Å²) < 4.78 is 27.0. The molecule has 7 heteroatoms. The summed E-state index contributed by atoms with van der Waals surface area (Å²) in [7, 11) is 0. The van der Waals surface area contributed by atoms with Gasteiger partial charge in [0.05, 0.1) is 6.04 Å². The van der Waals surface area contributed by atoms with Gasteiger partial charge in [-0.1, -0.05) is 17.7 Å². The Morgan fingerprint density at radius 1 is 1.24 bits per heavy atom. The zero-order valence-corrected chi connectivity index (χ0v) is 11.7. The first-order valence-corrected chi connectivity index (χ1v) is 6.92. The number of aromatic nitrogens is 2. The molecule has 0 amide bonds. The molecule has 2 aromatic rings. The van der Waals surface area contributed by atoms with E-state index < -0.39 is 11.6 Å². The molecule has 1 fully saturated rings. The Kier molecular flexibility index (Phi) is 3.63. The first-order valence-electron chi connectivity index (χ1n) is 6.54. The maximum Gasteiger partial charge on any atom is 0.223 e. The second-order valence-electron chi connectivity index (χ2n) is 5.06. The average molecular weight is 311 g/mol. The zero-order chi connectivity index (χ0) is 15.0. The van der Waals surface area contributed by atoms with E-state index in [4.69, 9.17) is 17.3 Å². The normalized spacial score (nSPS) is 15.8. The lowest BCUT2D eigenvalue weighted by molar-refractivity contribution is 0.548. The average Bonchev–Trinajstić information content (AvgIpc) is 3.19. The number of anilines is 2. The van der Waals surface area contributed by atoms with E-state index in [-0.39, 0.29) is 23.1 Å². The molecule has 3 rings (SSSR count). The molecule has 1 aliphatic carbocycles. The summed E-state index contributed by atoms with van der Waals surface area (Å²) in [6.07, 6.45) is 1.95. The van der Waals surface area contributed by atoms with Crippen molar-refractivity contribution in [3.8, 4) is 0 Å². The molecule has 0 spiro atoms. The summed E-state index contributed by atoms with van der Waals surface area (Å²) in [5, 5.41) is 3.33. The van der Waals surface area contributed by atoms with Gasteiger partial charge < -0.3 is 11.1 Å². The molecule has 0 aliphatic heterocycles. The van der Waals surface area contributed by atoms with Crippen molar-refractivity contribution in [3.63, 3.8) is 0 Å². The summed E-state index contributed by atoms with van der Waals surface area (Å²) in [6, 6.07) is 4.81. The third kappa shape index (κ3) is 3.21. The number of nitrogens with one attached hydrogen (secondary N) is 1. The Balaban J connectivity index is 1.91. The molecule has 4 nitrogen and oxygen atoms in total. The van der Waals surface area contributed by atoms with Crippen LogP contribution < -0.4 is 11.1 Å². The number of rotatable bonds is 4. The van der Waals surface area contributed by atoms with Gasteiger partial charge in [0, 0.05) is 17.7 Å². The van der Waals surface area contributed by atoms with Gasteiger partial charge in [-0.2, -0.15) is 4.98 Å². The molecule has 3 N–H and O–H groups in total. The third-order valence-electron chi connectivity index (χ3n) is 3.41. The van der Waals surface area contributed by atoms with Gasteiger partial charge in [0.15, 0.2) is 0 Å². The number of nitrogen functional groups attached to an aromatic ring is 1. The highest BCUT2D eigenvalue weighted by molar-refractivity contribution is 6.29. The van der Waals surface area contributed by atoms with Crippen LogP contribution >= 0.6 is 11.6 Å². The van der Waals surface area contributed by atoms with E-state index in [2.05, 4.69) is 15.3 Å². The van der Waals surface area contributed by atoms with Crippen LogP contribution in [0.2, 0.25) is 5.15 Å². The molecule has 110 valence electrons. The van der Waals surface area contributed by atoms with Crippen molar-refractivity contribution in [1.29, 1.82) is 0 Å². The monoisotopic (exact) mass is 310 g/mol. The Bertz CT molecular complexity index is 656. The van der Waals surface area contributed by atoms with Crippen LogP contribution in [0.4, 0.5) is 20.5 Å². The first kappa shape index (κ1) is 14.0. The van der Waals surface area contributed by atoms with Crippen LogP contribution in [0.15, 0.2) is 24.3 Å². The maximum absolute atomic E-state index is 14.0. The summed E-state index contributed by atoms with van der Waals surface area (Å²) >= 11 is 5.83. The lowest BCUT2D eigenvalue weighted by Gasteiger charge is -2.20. The lowest BCUT2D eigenvalue weighted by Crippen LogP contribution is -2.16. The van der Waals surface area contributed by atoms with E-state index in [1.54, 1.807) is 0 Å². The smallest absolute Gasteiger partial charge is 0.223 e. The molecule has 1 saturated carbocycles. The first-order chi connectivity index (χ1) is 10.0. The molecule has 0 saturated heterocycles. The topological polar surface area (TPSA) is 63.8 Å². The highest BCUT2D eigenvalue weighted by Crippen LogP contribution is 2.43. The van der Waals surface area contributed by atoms with Crippen LogP contribution in [0.5, 0.6) is 0 Å². The van der Waals surface area contributed by atoms with Gasteiger partial charge in [-0.3, -0.25) is 0 Å². The van der Waals surface area contributed by atoms with Crippen molar-refractivity contribution in [2.75, 3.05) is 11.1 Å². The molecule has 1 aliphatic rings. The summed E-state index contributed by atoms with van der Waals surface area (Å²) in [4.78, 5) is 7.80. The summed E-state index contributed by atoms with van der Waals surface area (Å²) in [5.41, 5.74) is 5.95. The van der Waals surface area contributed by atoms with Crippen LogP contribution in [0, 0.1) is 17.6 Å². The van der Waals surface area contributed by atoms with Crippen molar-refractivity contribution in [2.24, 2.45) is 5.92 Å². The van der Waals surface area contributed by atoms with Crippen molar-refractivity contribution in [3.05, 3.63) is 46.6 Å². The number of nitrogens with two attached hydrogens (primary N) is 1. The number of nitrogens with zero attached hydrogens (tertiary/aromatic N) is 2. The largest absolute Gasteiger partial charge is 0.368 e. The number of benzene rings is 1. The SMILES string of the molecule is Nc1nc(Cl)cc(NC(c2ccc(F)cc2F)C2CC2)n1. The predicted octanol–water partition coefficient (Wildman–Crippen LogP) is 3.55. The van der Waals surface area contributed by atoms with E-state index in [1.807, 2.05) is 0 Å². The minimum Gasteiger partial charge on any atom is -0.368 e. The van der Waals surface area contributed by atoms with Gasteiger partial charge >= 0.3 is 0 Å². The fourth-order valence-corrected chi connectivity index (χ4v) is 2.49. The molecular formula is C14H13ClF2N4. The summed E-state index contributed by atoms with van der Waals surface area (Å²) in [6.45, 7) is 0. The number of hydrogen-bond donors (Lipinski definition) is 2. The fraction of sp³-hybridized carbons (Fsp3) is 0.286. The molecule has 1 aromatic heterocycles. The van der Waals surface area contributed by atoms with Gasteiger partial charge in [0.25, 0.3) is 0 Å². The van der Waals surface area contributed by atoms with Gasteiger partial charge in [-0.15, -0.1) is 0 Å². The van der Waals surface area contributed by atoms with Crippen LogP contribution in [0.25, 0.3) is 0 Å². The molecular weight excluding hydrogens is 298 g/mol. The molecule has 1 heterocycles. The van der Waals surface area contributed by atoms with Crippen molar-refractivity contribution < 1.29 is 8.78 Å². The van der Waals surface area contributed by atoms with E-state index in [9.17, 15) is 8.78 Å². The van der Waals surface area contributed by atoms with Gasteiger partial charge in [-0.05, 0) is 24.8 Å². The van der Waals surface area contributed by atoms with Gasteiger partial charge in [-0.25, -0.2) is 13.8 Å². The molecule has 0 radical (unpaired) electrons. The third-order valence-corrected chi connectivity index (χ3v) is 3.60. The van der Waals surface area contributed by atoms with Gasteiger partial charge in [0.1, 0.15) is 22.6 Å². The van der Waals surface area contributed by atoms with E-state index in [0.29, 0.717) is 11.4 Å². The molecule has 1 unspecified atom stereocenters. The molecule has 1 atom stereocenters. The van der Waals surface area contributed by atoms with Crippen LogP contribution in [0.3, 0.4) is 0 Å². The van der Waals surface area contributed by atoms with Gasteiger partial charge in [0.2, 0.25) is 5.95 Å².